The number of methoxy groups -OCH3 is 2. The molecule has 0 radical (unpaired) electrons. The van der Waals surface area contributed by atoms with Crippen molar-refractivity contribution in [1.82, 2.24) is 4.90 Å². The second-order valence-electron chi connectivity index (χ2n) is 7.71. The zero-order chi connectivity index (χ0) is 21.0. The van der Waals surface area contributed by atoms with Crippen LogP contribution in [-0.2, 0) is 4.79 Å². The maximum atomic E-state index is 12.4. The Morgan fingerprint density at radius 1 is 1.17 bits per heavy atom. The van der Waals surface area contributed by atoms with Crippen molar-refractivity contribution >= 4 is 40.5 Å². The first-order chi connectivity index (χ1) is 13.9. The van der Waals surface area contributed by atoms with Crippen LogP contribution in [0.15, 0.2) is 12.1 Å². The maximum absolute atomic E-state index is 12.4. The summed E-state index contributed by atoms with van der Waals surface area (Å²) < 4.78 is 10.7. The number of nitrogens with two attached hydrogens (primary N) is 1. The average molecular weight is 442 g/mol. The van der Waals surface area contributed by atoms with E-state index in [2.05, 4.69) is 10.2 Å². The highest BCUT2D eigenvalue weighted by Gasteiger charge is 2.49. The SMILES string of the molecule is COc1cc(NC(=S)N2CCC(C(N)=O)([NH+]3CCCCC3)CC2)c(OC)cc1Cl. The molecule has 9 heteroatoms. The van der Waals surface area contributed by atoms with Crippen LogP contribution >= 0.6 is 23.8 Å². The first-order valence-corrected chi connectivity index (χ1v) is 10.8. The third-order valence-electron chi connectivity index (χ3n) is 6.23. The van der Waals surface area contributed by atoms with Gasteiger partial charge in [0.05, 0.1) is 38.0 Å². The van der Waals surface area contributed by atoms with E-state index >= 15 is 0 Å². The standard InChI is InChI=1S/C20H29ClN4O3S/c1-27-16-13-15(17(28-2)12-14(16)21)23-19(29)24-10-6-20(7-11-24,18(22)26)25-8-4-3-5-9-25/h12-13H,3-11H2,1-2H3,(H2,22,26)(H,23,29)/p+1. The van der Waals surface area contributed by atoms with Gasteiger partial charge in [0.25, 0.3) is 5.91 Å². The van der Waals surface area contributed by atoms with E-state index < -0.39 is 5.54 Å². The van der Waals surface area contributed by atoms with Crippen molar-refractivity contribution in [2.24, 2.45) is 5.73 Å². The van der Waals surface area contributed by atoms with E-state index in [-0.39, 0.29) is 5.91 Å². The van der Waals surface area contributed by atoms with Crippen molar-refractivity contribution in [2.75, 3.05) is 45.7 Å². The average Bonchev–Trinajstić information content (AvgIpc) is 2.75. The van der Waals surface area contributed by atoms with Gasteiger partial charge in [-0.25, -0.2) is 0 Å². The summed E-state index contributed by atoms with van der Waals surface area (Å²) in [5.74, 6) is 0.939. The molecule has 29 heavy (non-hydrogen) atoms. The minimum absolute atomic E-state index is 0.183. The van der Waals surface area contributed by atoms with Crippen molar-refractivity contribution in [3.8, 4) is 11.5 Å². The van der Waals surface area contributed by atoms with Gasteiger partial charge in [-0.1, -0.05) is 11.6 Å². The summed E-state index contributed by atoms with van der Waals surface area (Å²) in [7, 11) is 3.14. The van der Waals surface area contributed by atoms with E-state index in [9.17, 15) is 4.79 Å². The van der Waals surface area contributed by atoms with Gasteiger partial charge >= 0.3 is 0 Å². The summed E-state index contributed by atoms with van der Waals surface area (Å²) in [5.41, 5.74) is 6.10. The van der Waals surface area contributed by atoms with E-state index in [1.54, 1.807) is 26.4 Å². The highest BCUT2D eigenvalue weighted by atomic mass is 35.5. The molecule has 0 unspecified atom stereocenters. The number of amides is 1. The third-order valence-corrected chi connectivity index (χ3v) is 6.88. The number of benzene rings is 1. The Morgan fingerprint density at radius 2 is 1.79 bits per heavy atom. The molecule has 1 aromatic rings. The monoisotopic (exact) mass is 441 g/mol. The van der Waals surface area contributed by atoms with Gasteiger partial charge in [-0.2, -0.15) is 0 Å². The van der Waals surface area contributed by atoms with Crippen LogP contribution in [0.3, 0.4) is 0 Å². The van der Waals surface area contributed by atoms with Crippen LogP contribution in [0.5, 0.6) is 11.5 Å². The Morgan fingerprint density at radius 3 is 2.34 bits per heavy atom. The van der Waals surface area contributed by atoms with E-state index in [4.69, 9.17) is 39.0 Å². The second kappa shape index (κ2) is 9.36. The lowest BCUT2D eigenvalue weighted by atomic mass is 9.83. The summed E-state index contributed by atoms with van der Waals surface area (Å²) in [6.07, 6.45) is 4.98. The molecule has 2 aliphatic heterocycles. The van der Waals surface area contributed by atoms with E-state index in [0.29, 0.717) is 53.3 Å². The number of hydrogen-bond donors (Lipinski definition) is 3. The lowest BCUT2D eigenvalue weighted by Crippen LogP contribution is -3.22. The van der Waals surface area contributed by atoms with Gasteiger partial charge in [-0.3, -0.25) is 4.79 Å². The molecule has 2 saturated heterocycles. The largest absolute Gasteiger partial charge is 0.495 e. The van der Waals surface area contributed by atoms with E-state index in [1.807, 2.05) is 0 Å². The van der Waals surface area contributed by atoms with Crippen LogP contribution in [0, 0.1) is 0 Å². The van der Waals surface area contributed by atoms with Crippen LogP contribution in [0.1, 0.15) is 32.1 Å². The molecule has 1 amide bonds. The number of thiocarbonyl (C=S) groups is 1. The first-order valence-electron chi connectivity index (χ1n) is 10.0. The van der Waals surface area contributed by atoms with Crippen molar-refractivity contribution in [1.29, 1.82) is 0 Å². The van der Waals surface area contributed by atoms with Gasteiger partial charge in [-0.15, -0.1) is 0 Å². The third kappa shape index (κ3) is 4.54. The summed E-state index contributed by atoms with van der Waals surface area (Å²) in [5, 5.41) is 4.29. The number of halogens is 1. The van der Waals surface area contributed by atoms with Gasteiger partial charge in [0.15, 0.2) is 10.7 Å². The predicted molar refractivity (Wildman–Crippen MR) is 118 cm³/mol. The molecular formula is C20H30ClN4O3S+. The molecule has 0 spiro atoms. The van der Waals surface area contributed by atoms with Gasteiger partial charge in [0.2, 0.25) is 0 Å². The zero-order valence-electron chi connectivity index (χ0n) is 17.1. The quantitative estimate of drug-likeness (QED) is 0.600. The van der Waals surface area contributed by atoms with E-state index in [0.717, 1.165) is 25.9 Å². The van der Waals surface area contributed by atoms with Crippen LogP contribution in [0.2, 0.25) is 5.02 Å². The number of carbonyl (C=O) groups excluding carboxylic acids is 1. The van der Waals surface area contributed by atoms with Gasteiger partial charge in [0.1, 0.15) is 11.5 Å². The number of piperidine rings is 2. The Hall–Kier alpha value is -1.77. The van der Waals surface area contributed by atoms with Crippen molar-refractivity contribution in [2.45, 2.75) is 37.6 Å². The molecule has 3 rings (SSSR count). The fourth-order valence-electron chi connectivity index (χ4n) is 4.48. The fraction of sp³-hybridized carbons (Fsp3) is 0.600. The fourth-order valence-corrected chi connectivity index (χ4v) is 5.00. The molecule has 0 saturated carbocycles. The highest BCUT2D eigenvalue weighted by Crippen LogP contribution is 2.36. The van der Waals surface area contributed by atoms with Crippen LogP contribution in [0.4, 0.5) is 5.69 Å². The lowest BCUT2D eigenvalue weighted by molar-refractivity contribution is -0.948. The summed E-state index contributed by atoms with van der Waals surface area (Å²) >= 11 is 11.8. The molecule has 1 aromatic carbocycles. The molecule has 2 aliphatic rings. The van der Waals surface area contributed by atoms with Crippen molar-refractivity contribution < 1.29 is 19.2 Å². The van der Waals surface area contributed by atoms with Gasteiger partial charge < -0.3 is 30.3 Å². The predicted octanol–water partition coefficient (Wildman–Crippen LogP) is 1.44. The molecule has 7 nitrogen and oxygen atoms in total. The Bertz CT molecular complexity index is 762. The summed E-state index contributed by atoms with van der Waals surface area (Å²) in [4.78, 5) is 15.9. The minimum atomic E-state index is -0.478. The molecule has 4 N–H and O–H groups in total. The molecule has 160 valence electrons. The maximum Gasteiger partial charge on any atom is 0.278 e. The summed E-state index contributed by atoms with van der Waals surface area (Å²) in [6.45, 7) is 3.41. The second-order valence-corrected chi connectivity index (χ2v) is 8.51. The smallest absolute Gasteiger partial charge is 0.278 e. The molecule has 0 bridgehead atoms. The number of carbonyl (C=O) groups is 1. The zero-order valence-corrected chi connectivity index (χ0v) is 18.6. The number of likely N-dealkylation sites (tertiary alicyclic amines) is 2. The van der Waals surface area contributed by atoms with Gasteiger partial charge in [-0.05, 0) is 31.5 Å². The molecule has 0 atom stereocenters. The Labute approximate surface area is 182 Å². The van der Waals surface area contributed by atoms with Crippen molar-refractivity contribution in [3.05, 3.63) is 17.2 Å². The number of hydrogen-bond acceptors (Lipinski definition) is 4. The molecular weight excluding hydrogens is 412 g/mol. The Balaban J connectivity index is 1.69. The molecule has 2 heterocycles. The number of ether oxygens (including phenoxy) is 2. The lowest BCUT2D eigenvalue weighted by Gasteiger charge is -2.45. The number of quaternary nitrogens is 1. The number of nitrogens with zero attached hydrogens (tertiary/aromatic N) is 1. The molecule has 0 aliphatic carbocycles. The van der Waals surface area contributed by atoms with E-state index in [1.165, 1.54) is 11.3 Å². The first kappa shape index (κ1) is 21.9. The van der Waals surface area contributed by atoms with Crippen LogP contribution in [-0.4, -0.2) is 61.9 Å². The topological polar surface area (TPSA) is 81.3 Å². The summed E-state index contributed by atoms with van der Waals surface area (Å²) in [6, 6.07) is 3.46. The highest BCUT2D eigenvalue weighted by molar-refractivity contribution is 7.80. The molecule has 2 fully saturated rings. The Kier molecular flexibility index (Phi) is 7.08. The normalized spacial score (nSPS) is 19.5. The van der Waals surface area contributed by atoms with Crippen molar-refractivity contribution in [3.63, 3.8) is 0 Å². The number of rotatable bonds is 5. The van der Waals surface area contributed by atoms with Crippen LogP contribution in [0.25, 0.3) is 0 Å². The number of anilines is 1. The van der Waals surface area contributed by atoms with Gasteiger partial charge in [0, 0.05) is 38.1 Å². The molecule has 0 aromatic heterocycles. The minimum Gasteiger partial charge on any atom is -0.495 e. The number of nitrogens with one attached hydrogen (secondary N) is 2. The number of primary amides is 1. The van der Waals surface area contributed by atoms with Crippen LogP contribution < -0.4 is 25.4 Å².